The second kappa shape index (κ2) is 4.75. The Balaban J connectivity index is 2.22. The van der Waals surface area contributed by atoms with Crippen LogP contribution < -0.4 is 5.14 Å². The van der Waals surface area contributed by atoms with Crippen LogP contribution in [0.5, 0.6) is 0 Å². The predicted octanol–water partition coefficient (Wildman–Crippen LogP) is 0.479. The average Bonchev–Trinajstić information content (AvgIpc) is 2.50. The third-order valence-electron chi connectivity index (χ3n) is 2.96. The predicted molar refractivity (Wildman–Crippen MR) is 63.0 cm³/mol. The maximum Gasteiger partial charge on any atom is 0.284 e. The topological polar surface area (TPSA) is 70.1 Å². The van der Waals surface area contributed by atoms with Crippen LogP contribution in [-0.2, 0) is 24.5 Å². The molecular weight excluding hydrogens is 224 g/mol. The van der Waals surface area contributed by atoms with Crippen LogP contribution in [0.15, 0.2) is 11.1 Å². The molecule has 0 aliphatic carbocycles. The van der Waals surface area contributed by atoms with Gasteiger partial charge in [0.25, 0.3) is 5.03 Å². The van der Waals surface area contributed by atoms with E-state index in [0.717, 1.165) is 31.7 Å². The van der Waals surface area contributed by atoms with Gasteiger partial charge in [-0.3, -0.25) is 9.58 Å². The van der Waals surface area contributed by atoms with E-state index in [1.54, 1.807) is 0 Å². The number of rotatable bonds is 2. The minimum atomic E-state index is -1.47. The van der Waals surface area contributed by atoms with E-state index in [1.165, 1.54) is 0 Å². The number of aromatic nitrogens is 2. The van der Waals surface area contributed by atoms with E-state index in [4.69, 9.17) is 5.14 Å². The summed E-state index contributed by atoms with van der Waals surface area (Å²) in [5, 5.41) is 10.1. The molecule has 6 heteroatoms. The first kappa shape index (κ1) is 11.9. The van der Waals surface area contributed by atoms with Gasteiger partial charge in [-0.2, -0.15) is 0 Å². The van der Waals surface area contributed by atoms with Gasteiger partial charge in [0.05, 0.1) is 17.1 Å². The van der Waals surface area contributed by atoms with E-state index in [9.17, 15) is 4.55 Å². The summed E-state index contributed by atoms with van der Waals surface area (Å²) in [5.74, 6) is 0. The normalized spacial score (nSPS) is 19.6. The second-order valence-corrected chi connectivity index (χ2v) is 5.43. The summed E-state index contributed by atoms with van der Waals surface area (Å²) in [6.45, 7) is 7.21. The van der Waals surface area contributed by atoms with E-state index in [2.05, 4.69) is 23.8 Å². The van der Waals surface area contributed by atoms with Crippen LogP contribution in [0.25, 0.3) is 0 Å². The van der Waals surface area contributed by atoms with Crippen molar-refractivity contribution in [3.8, 4) is 0 Å². The zero-order valence-corrected chi connectivity index (χ0v) is 10.5. The number of nitrogens with zero attached hydrogens (tertiary/aromatic N) is 3. The molecule has 1 atom stereocenters. The lowest BCUT2D eigenvalue weighted by Crippen LogP contribution is -2.30. The first-order chi connectivity index (χ1) is 7.58. The molecule has 0 fully saturated rings. The van der Waals surface area contributed by atoms with Crippen LogP contribution >= 0.6 is 0 Å². The molecule has 1 aromatic rings. The zero-order valence-electron chi connectivity index (χ0n) is 9.72. The molecule has 5 nitrogen and oxygen atoms in total. The van der Waals surface area contributed by atoms with E-state index < -0.39 is 11.4 Å². The van der Waals surface area contributed by atoms with Gasteiger partial charge in [0.2, 0.25) is 0 Å². The fourth-order valence-corrected chi connectivity index (χ4v) is 2.43. The molecule has 0 spiro atoms. The summed E-state index contributed by atoms with van der Waals surface area (Å²) >= 11 is -1.47. The summed E-state index contributed by atoms with van der Waals surface area (Å²) in [6, 6.07) is 2.38. The lowest BCUT2D eigenvalue weighted by Gasteiger charge is -2.23. The van der Waals surface area contributed by atoms with Crippen LogP contribution in [0.2, 0.25) is 0 Å². The maximum absolute atomic E-state index is 11.2. The zero-order chi connectivity index (χ0) is 11.7. The van der Waals surface area contributed by atoms with Crippen molar-refractivity contribution in [2.24, 2.45) is 5.14 Å². The summed E-state index contributed by atoms with van der Waals surface area (Å²) < 4.78 is 13.1. The minimum Gasteiger partial charge on any atom is -0.592 e. The number of hydrogen-bond donors (Lipinski definition) is 1. The molecular formula is C10H18N4OS. The standard InChI is InChI=1S/C10H18N4OS/c1-8(2)13-4-3-5-14-9(7-13)6-10(12-14)16(11)15/h6,8H,3-5,7,11H2,1-2H3. The molecule has 0 aromatic carbocycles. The van der Waals surface area contributed by atoms with Crippen molar-refractivity contribution < 1.29 is 4.55 Å². The molecule has 1 aliphatic heterocycles. The Morgan fingerprint density at radius 2 is 2.25 bits per heavy atom. The third-order valence-corrected chi connectivity index (χ3v) is 3.57. The molecule has 0 radical (unpaired) electrons. The molecule has 0 amide bonds. The van der Waals surface area contributed by atoms with Gasteiger partial charge < -0.3 is 4.55 Å². The first-order valence-electron chi connectivity index (χ1n) is 5.55. The Bertz CT molecular complexity index is 364. The molecule has 1 aliphatic rings. The van der Waals surface area contributed by atoms with Gasteiger partial charge in [-0.15, -0.1) is 10.2 Å². The van der Waals surface area contributed by atoms with Crippen molar-refractivity contribution in [1.29, 1.82) is 0 Å². The molecule has 16 heavy (non-hydrogen) atoms. The van der Waals surface area contributed by atoms with E-state index in [1.807, 2.05) is 10.7 Å². The molecule has 90 valence electrons. The Labute approximate surface area is 98.9 Å². The quantitative estimate of drug-likeness (QED) is 0.766. The van der Waals surface area contributed by atoms with Crippen molar-refractivity contribution in [2.75, 3.05) is 6.54 Å². The van der Waals surface area contributed by atoms with Crippen molar-refractivity contribution in [3.63, 3.8) is 0 Å². The summed E-state index contributed by atoms with van der Waals surface area (Å²) in [6.07, 6.45) is 1.07. The van der Waals surface area contributed by atoms with Gasteiger partial charge in [0.1, 0.15) is 0 Å². The van der Waals surface area contributed by atoms with Gasteiger partial charge in [-0.1, -0.05) is 0 Å². The van der Waals surface area contributed by atoms with Gasteiger partial charge in [0, 0.05) is 31.7 Å². The minimum absolute atomic E-state index is 0.487. The molecule has 0 saturated carbocycles. The number of hydrogen-bond acceptors (Lipinski definition) is 4. The highest BCUT2D eigenvalue weighted by molar-refractivity contribution is 7.89. The van der Waals surface area contributed by atoms with Gasteiger partial charge in [-0.05, 0) is 20.3 Å². The molecule has 2 rings (SSSR count). The van der Waals surface area contributed by atoms with Crippen LogP contribution in [0.1, 0.15) is 26.0 Å². The third kappa shape index (κ3) is 2.40. The fraction of sp³-hybridized carbons (Fsp3) is 0.700. The van der Waals surface area contributed by atoms with E-state index in [-0.39, 0.29) is 0 Å². The van der Waals surface area contributed by atoms with Gasteiger partial charge >= 0.3 is 0 Å². The summed E-state index contributed by atoms with van der Waals surface area (Å²) in [4.78, 5) is 2.39. The smallest absolute Gasteiger partial charge is 0.284 e. The monoisotopic (exact) mass is 242 g/mol. The van der Waals surface area contributed by atoms with E-state index in [0.29, 0.717) is 11.1 Å². The highest BCUT2D eigenvalue weighted by atomic mass is 32.2. The maximum atomic E-state index is 11.2. The van der Waals surface area contributed by atoms with E-state index >= 15 is 0 Å². The van der Waals surface area contributed by atoms with Crippen LogP contribution in [0.4, 0.5) is 0 Å². The number of aryl methyl sites for hydroxylation is 1. The largest absolute Gasteiger partial charge is 0.592 e. The van der Waals surface area contributed by atoms with Gasteiger partial charge in [0.15, 0.2) is 0 Å². The Kier molecular flexibility index (Phi) is 3.53. The Hall–Kier alpha value is -0.560. The van der Waals surface area contributed by atoms with Gasteiger partial charge in [-0.25, -0.2) is 0 Å². The van der Waals surface area contributed by atoms with Crippen molar-refractivity contribution in [3.05, 3.63) is 11.8 Å². The van der Waals surface area contributed by atoms with Crippen molar-refractivity contribution in [1.82, 2.24) is 14.7 Å². The van der Waals surface area contributed by atoms with Crippen LogP contribution in [-0.4, -0.2) is 31.8 Å². The summed E-state index contributed by atoms with van der Waals surface area (Å²) in [5.41, 5.74) is 1.11. The highest BCUT2D eigenvalue weighted by Gasteiger charge is 2.21. The molecule has 2 N–H and O–H groups in total. The van der Waals surface area contributed by atoms with Crippen LogP contribution in [0.3, 0.4) is 0 Å². The molecule has 1 aromatic heterocycles. The molecule has 0 bridgehead atoms. The second-order valence-electron chi connectivity index (χ2n) is 4.41. The van der Waals surface area contributed by atoms with Crippen molar-refractivity contribution in [2.45, 2.75) is 44.4 Å². The number of nitrogens with two attached hydrogens (primary N) is 1. The lowest BCUT2D eigenvalue weighted by molar-refractivity contribution is 0.216. The Morgan fingerprint density at radius 1 is 1.50 bits per heavy atom. The first-order valence-corrected chi connectivity index (χ1v) is 6.76. The van der Waals surface area contributed by atoms with Crippen molar-refractivity contribution >= 4 is 11.4 Å². The lowest BCUT2D eigenvalue weighted by atomic mass is 10.3. The molecule has 1 unspecified atom stereocenters. The fourth-order valence-electron chi connectivity index (χ4n) is 2.00. The SMILES string of the molecule is CC(C)N1CCCn2nc([S+](N)[O-])cc2C1. The van der Waals surface area contributed by atoms with Crippen LogP contribution in [0, 0.1) is 0 Å². The molecule has 2 heterocycles. The Morgan fingerprint density at radius 3 is 2.88 bits per heavy atom. The summed E-state index contributed by atoms with van der Waals surface area (Å²) in [7, 11) is 0. The number of fused-ring (bicyclic) bond motifs is 1. The molecule has 0 saturated heterocycles. The highest BCUT2D eigenvalue weighted by Crippen LogP contribution is 2.17. The average molecular weight is 242 g/mol.